The number of carbonyl (C=O) groups is 1. The fraction of sp³-hybridized carbons (Fsp3) is 0.716. The van der Waals surface area contributed by atoms with Gasteiger partial charge >= 0.3 is 0 Å². The Balaban J connectivity index is 1.41. The molecule has 1 amide bonds. The van der Waals surface area contributed by atoms with Crippen LogP contribution in [0.25, 0.3) is 0 Å². The summed E-state index contributed by atoms with van der Waals surface area (Å²) in [5.41, 5.74) is 0. The summed E-state index contributed by atoms with van der Waals surface area (Å²) in [5, 5.41) is 120. The molecule has 17 atom stereocenters. The maximum atomic E-state index is 13.4. The van der Waals surface area contributed by atoms with Crippen LogP contribution in [0.5, 0.6) is 0 Å². The third-order valence-electron chi connectivity index (χ3n) is 16.8. The SMILES string of the molecule is CC/C=C\C/C=C\C/C=C\C/C=C\C/C=C\C/C=C\C/C=C\C/C=C\C/C=C\CCCCCCCC(=O)NC(COC1OC(CO)C(OC2OC(CO)C(OC3OC(CO)C(O)C(O)C3O)C(O)C2O)C(O)C1O)C(O)/C=C/CCCCCCCCCCCCCCC. The molecule has 3 rings (SSSR count). The normalized spacial score (nSPS) is 28.3. The minimum atomic E-state index is -1.99. The summed E-state index contributed by atoms with van der Waals surface area (Å²) in [6, 6.07) is -0.993. The van der Waals surface area contributed by atoms with Crippen molar-refractivity contribution in [3.05, 3.63) is 122 Å². The van der Waals surface area contributed by atoms with Crippen LogP contribution in [0.3, 0.4) is 0 Å². The minimum Gasteiger partial charge on any atom is -0.394 e. The summed E-state index contributed by atoms with van der Waals surface area (Å²) in [4.78, 5) is 13.4. The van der Waals surface area contributed by atoms with Crippen molar-refractivity contribution in [3.63, 3.8) is 0 Å². The average molecular weight is 1310 g/mol. The standard InChI is InChI=1S/C74H123NO18/c1-3-5-7-9-11-13-15-17-19-20-21-22-23-24-25-26-27-28-29-30-31-32-33-34-35-36-38-40-42-44-46-48-50-52-62(80)75-57(58(79)51-49-47-45-43-41-39-37-18-16-14-12-10-8-6-4-2)56-88-72-68(86)65(83)70(60(54-77)90-72)93-74-69(87)66(84)71(61(55-78)91-74)92-73-67(85)64(82)63(81)59(53-76)89-73/h5,7,11,13,17,19,21-22,24-25,27-28,30-31,33-34,36,38,49,51,57-61,63-74,76-79,81-87H,3-4,6,8-10,12,14-16,18,20,23,26,29,32,35,37,39-48,50,52-56H2,1-2H3,(H,75,80)/b7-5-,13-11-,19-17-,22-21-,25-24-,28-27-,31-30-,34-33-,38-36-,51-49+. The van der Waals surface area contributed by atoms with E-state index in [-0.39, 0.29) is 18.9 Å². The molecular weight excluding hydrogens is 1190 g/mol. The summed E-state index contributed by atoms with van der Waals surface area (Å²) in [6.07, 6.45) is 47.4. The number of aliphatic hydroxyl groups excluding tert-OH is 11. The highest BCUT2D eigenvalue weighted by Crippen LogP contribution is 2.33. The number of hydrogen-bond donors (Lipinski definition) is 12. The molecule has 3 aliphatic heterocycles. The van der Waals surface area contributed by atoms with E-state index >= 15 is 0 Å². The molecule has 0 spiro atoms. The smallest absolute Gasteiger partial charge is 0.220 e. The third kappa shape index (κ3) is 35.8. The van der Waals surface area contributed by atoms with Crippen LogP contribution in [0.1, 0.15) is 206 Å². The van der Waals surface area contributed by atoms with Gasteiger partial charge in [-0.15, -0.1) is 0 Å². The summed E-state index contributed by atoms with van der Waals surface area (Å²) in [5.74, 6) is -0.300. The molecule has 0 saturated carbocycles. The fourth-order valence-corrected chi connectivity index (χ4v) is 11.1. The van der Waals surface area contributed by atoms with Crippen molar-refractivity contribution >= 4 is 5.91 Å². The highest BCUT2D eigenvalue weighted by Gasteiger charge is 2.53. The number of nitrogens with one attached hydrogen (secondary N) is 1. The van der Waals surface area contributed by atoms with Gasteiger partial charge in [-0.2, -0.15) is 0 Å². The molecule has 0 aliphatic carbocycles. The Morgan fingerprint density at radius 3 is 1.16 bits per heavy atom. The van der Waals surface area contributed by atoms with E-state index in [1.165, 1.54) is 64.2 Å². The van der Waals surface area contributed by atoms with Crippen LogP contribution >= 0.6 is 0 Å². The Hall–Kier alpha value is -3.81. The lowest BCUT2D eigenvalue weighted by Crippen LogP contribution is -2.66. The molecule has 19 nitrogen and oxygen atoms in total. The van der Waals surface area contributed by atoms with E-state index in [9.17, 15) is 61.0 Å². The van der Waals surface area contributed by atoms with E-state index in [1.807, 2.05) is 6.08 Å². The van der Waals surface area contributed by atoms with E-state index < -0.39 is 124 Å². The number of amides is 1. The van der Waals surface area contributed by atoms with Crippen LogP contribution in [-0.2, 0) is 33.2 Å². The van der Waals surface area contributed by atoms with Gasteiger partial charge in [-0.05, 0) is 89.9 Å². The van der Waals surface area contributed by atoms with E-state index in [4.69, 9.17) is 28.4 Å². The lowest BCUT2D eigenvalue weighted by Gasteiger charge is -2.48. The molecule has 0 radical (unpaired) electrons. The van der Waals surface area contributed by atoms with Crippen molar-refractivity contribution in [2.24, 2.45) is 0 Å². The average Bonchev–Trinajstić information content (AvgIpc) is 0.902. The number of rotatable bonds is 52. The number of carbonyl (C=O) groups excluding carboxylic acids is 1. The van der Waals surface area contributed by atoms with E-state index in [0.29, 0.717) is 6.42 Å². The van der Waals surface area contributed by atoms with Gasteiger partial charge in [-0.3, -0.25) is 4.79 Å². The predicted molar refractivity (Wildman–Crippen MR) is 364 cm³/mol. The summed E-state index contributed by atoms with van der Waals surface area (Å²) >= 11 is 0. The van der Waals surface area contributed by atoms with Gasteiger partial charge in [0.05, 0.1) is 38.6 Å². The molecule has 0 aromatic rings. The largest absolute Gasteiger partial charge is 0.394 e. The van der Waals surface area contributed by atoms with Crippen LogP contribution in [-0.4, -0.2) is 193 Å². The van der Waals surface area contributed by atoms with Crippen molar-refractivity contribution in [2.75, 3.05) is 26.4 Å². The number of hydrogen-bond acceptors (Lipinski definition) is 18. The first-order valence-corrected chi connectivity index (χ1v) is 35.3. The Kier molecular flexibility index (Phi) is 48.6. The number of unbranched alkanes of at least 4 members (excludes halogenated alkanes) is 18. The first kappa shape index (κ1) is 83.4. The molecule has 0 bridgehead atoms. The van der Waals surface area contributed by atoms with Crippen LogP contribution in [0.15, 0.2) is 122 Å². The minimum absolute atomic E-state index is 0.213. The number of allylic oxidation sites excluding steroid dienone is 19. The lowest BCUT2D eigenvalue weighted by molar-refractivity contribution is -0.379. The summed E-state index contributed by atoms with van der Waals surface area (Å²) < 4.78 is 34.3. The molecule has 93 heavy (non-hydrogen) atoms. The highest BCUT2D eigenvalue weighted by atomic mass is 16.8. The summed E-state index contributed by atoms with van der Waals surface area (Å²) in [7, 11) is 0. The van der Waals surface area contributed by atoms with Crippen molar-refractivity contribution in [3.8, 4) is 0 Å². The Bertz CT molecular complexity index is 2160. The second-order valence-corrected chi connectivity index (χ2v) is 24.6. The van der Waals surface area contributed by atoms with E-state index in [1.54, 1.807) is 6.08 Å². The van der Waals surface area contributed by atoms with Gasteiger partial charge in [0.2, 0.25) is 5.91 Å². The lowest BCUT2D eigenvalue weighted by atomic mass is 9.96. The maximum Gasteiger partial charge on any atom is 0.220 e. The van der Waals surface area contributed by atoms with Crippen LogP contribution < -0.4 is 5.32 Å². The van der Waals surface area contributed by atoms with Crippen LogP contribution in [0.4, 0.5) is 0 Å². The van der Waals surface area contributed by atoms with Gasteiger partial charge in [0.1, 0.15) is 73.2 Å². The zero-order valence-electron chi connectivity index (χ0n) is 56.2. The zero-order valence-corrected chi connectivity index (χ0v) is 56.2. The highest BCUT2D eigenvalue weighted by molar-refractivity contribution is 5.76. The predicted octanol–water partition coefficient (Wildman–Crippen LogP) is 9.60. The quantitative estimate of drug-likeness (QED) is 0.0199. The molecule has 532 valence electrons. The molecule has 17 unspecified atom stereocenters. The zero-order chi connectivity index (χ0) is 67.5. The van der Waals surface area contributed by atoms with Crippen molar-refractivity contribution < 1.29 is 89.4 Å². The molecule has 19 heteroatoms. The van der Waals surface area contributed by atoms with Gasteiger partial charge in [0, 0.05) is 6.42 Å². The number of ether oxygens (including phenoxy) is 6. The summed E-state index contributed by atoms with van der Waals surface area (Å²) in [6.45, 7) is 1.58. The second-order valence-electron chi connectivity index (χ2n) is 24.6. The molecule has 3 fully saturated rings. The number of aliphatic hydroxyl groups is 11. The van der Waals surface area contributed by atoms with Gasteiger partial charge in [0.15, 0.2) is 18.9 Å². The van der Waals surface area contributed by atoms with Crippen molar-refractivity contribution in [1.29, 1.82) is 0 Å². The van der Waals surface area contributed by atoms with Gasteiger partial charge in [0.25, 0.3) is 0 Å². The Morgan fingerprint density at radius 1 is 0.398 bits per heavy atom. The topological polar surface area (TPSA) is 307 Å². The molecule has 0 aromatic heterocycles. The Labute approximate surface area is 557 Å². The third-order valence-corrected chi connectivity index (χ3v) is 16.8. The molecule has 0 aromatic carbocycles. The fourth-order valence-electron chi connectivity index (χ4n) is 11.1. The molecule has 12 N–H and O–H groups in total. The Morgan fingerprint density at radius 2 is 0.742 bits per heavy atom. The monoisotopic (exact) mass is 1310 g/mol. The van der Waals surface area contributed by atoms with Crippen molar-refractivity contribution in [2.45, 2.75) is 311 Å². The molecular formula is C74H123NO18. The molecule has 3 aliphatic rings. The van der Waals surface area contributed by atoms with E-state index in [0.717, 1.165) is 116 Å². The first-order chi connectivity index (χ1) is 45.3. The van der Waals surface area contributed by atoms with Crippen LogP contribution in [0.2, 0.25) is 0 Å². The second kappa shape index (κ2) is 54.2. The van der Waals surface area contributed by atoms with E-state index in [2.05, 4.69) is 129 Å². The van der Waals surface area contributed by atoms with Gasteiger partial charge in [-0.1, -0.05) is 232 Å². The van der Waals surface area contributed by atoms with Gasteiger partial charge in [-0.25, -0.2) is 0 Å². The first-order valence-electron chi connectivity index (χ1n) is 35.3. The van der Waals surface area contributed by atoms with Crippen LogP contribution in [0, 0.1) is 0 Å². The molecule has 3 heterocycles. The van der Waals surface area contributed by atoms with Crippen molar-refractivity contribution in [1.82, 2.24) is 5.32 Å². The molecule has 3 saturated heterocycles. The van der Waals surface area contributed by atoms with Gasteiger partial charge < -0.3 is 89.9 Å². The maximum absolute atomic E-state index is 13.4.